The Hall–Kier alpha value is -1.94. The minimum Gasteiger partial charge on any atom is -0.399 e. The minimum atomic E-state index is -0.0262. The van der Waals surface area contributed by atoms with Crippen molar-refractivity contribution in [1.29, 1.82) is 0 Å². The molecule has 98 valence electrons. The standard InChI is InChI=1S/C15H16N2OS/c1-19-14-8-6-13(7-9-14)17-15(18)10-11-2-4-12(16)5-3-11/h2-9H,10,16H2,1H3,(H,17,18). The molecule has 2 aromatic carbocycles. The number of nitrogen functional groups attached to an aromatic ring is 1. The molecule has 0 atom stereocenters. The van der Waals surface area contributed by atoms with Crippen molar-refractivity contribution in [2.45, 2.75) is 11.3 Å². The first kappa shape index (κ1) is 13.5. The van der Waals surface area contributed by atoms with Crippen molar-refractivity contribution in [3.63, 3.8) is 0 Å². The van der Waals surface area contributed by atoms with Gasteiger partial charge in [0.15, 0.2) is 0 Å². The summed E-state index contributed by atoms with van der Waals surface area (Å²) in [4.78, 5) is 13.1. The Morgan fingerprint density at radius 3 is 2.32 bits per heavy atom. The van der Waals surface area contributed by atoms with E-state index in [0.717, 1.165) is 11.3 Å². The van der Waals surface area contributed by atoms with Gasteiger partial charge in [-0.15, -0.1) is 11.8 Å². The second kappa shape index (κ2) is 6.29. The van der Waals surface area contributed by atoms with E-state index in [4.69, 9.17) is 5.73 Å². The van der Waals surface area contributed by atoms with E-state index in [1.54, 1.807) is 23.9 Å². The van der Waals surface area contributed by atoms with Crippen molar-refractivity contribution >= 4 is 29.0 Å². The number of nitrogens with one attached hydrogen (secondary N) is 1. The van der Waals surface area contributed by atoms with Gasteiger partial charge in [-0.1, -0.05) is 12.1 Å². The van der Waals surface area contributed by atoms with E-state index >= 15 is 0 Å². The molecule has 0 bridgehead atoms. The van der Waals surface area contributed by atoms with E-state index in [9.17, 15) is 4.79 Å². The Kier molecular flexibility index (Phi) is 4.47. The molecule has 2 rings (SSSR count). The molecule has 0 aliphatic carbocycles. The number of hydrogen-bond acceptors (Lipinski definition) is 3. The lowest BCUT2D eigenvalue weighted by molar-refractivity contribution is -0.115. The predicted molar refractivity (Wildman–Crippen MR) is 81.4 cm³/mol. The molecule has 1 amide bonds. The van der Waals surface area contributed by atoms with Crippen molar-refractivity contribution < 1.29 is 4.79 Å². The van der Waals surface area contributed by atoms with Gasteiger partial charge in [-0.25, -0.2) is 0 Å². The van der Waals surface area contributed by atoms with Gasteiger partial charge in [-0.2, -0.15) is 0 Å². The molecule has 19 heavy (non-hydrogen) atoms. The molecule has 0 unspecified atom stereocenters. The molecule has 0 saturated heterocycles. The quantitative estimate of drug-likeness (QED) is 0.664. The Balaban J connectivity index is 1.95. The van der Waals surface area contributed by atoms with E-state index in [1.165, 1.54) is 4.90 Å². The molecule has 2 aromatic rings. The lowest BCUT2D eigenvalue weighted by atomic mass is 10.1. The highest BCUT2D eigenvalue weighted by molar-refractivity contribution is 7.98. The number of nitrogens with two attached hydrogens (primary N) is 1. The van der Waals surface area contributed by atoms with Gasteiger partial charge in [-0.3, -0.25) is 4.79 Å². The summed E-state index contributed by atoms with van der Waals surface area (Å²) >= 11 is 1.68. The SMILES string of the molecule is CSc1ccc(NC(=O)Cc2ccc(N)cc2)cc1. The molecular weight excluding hydrogens is 256 g/mol. The number of anilines is 2. The average Bonchev–Trinajstić information content (AvgIpc) is 2.42. The molecule has 3 nitrogen and oxygen atoms in total. The van der Waals surface area contributed by atoms with Gasteiger partial charge in [0.05, 0.1) is 6.42 Å². The fourth-order valence-corrected chi connectivity index (χ4v) is 2.11. The van der Waals surface area contributed by atoms with Crippen molar-refractivity contribution in [1.82, 2.24) is 0 Å². The van der Waals surface area contributed by atoms with E-state index in [1.807, 2.05) is 42.7 Å². The Bertz CT molecular complexity index is 549. The van der Waals surface area contributed by atoms with Crippen LogP contribution in [0.4, 0.5) is 11.4 Å². The Morgan fingerprint density at radius 1 is 1.11 bits per heavy atom. The summed E-state index contributed by atoms with van der Waals surface area (Å²) in [5.41, 5.74) is 8.08. The summed E-state index contributed by atoms with van der Waals surface area (Å²) in [6.45, 7) is 0. The van der Waals surface area contributed by atoms with Gasteiger partial charge in [0.2, 0.25) is 5.91 Å². The maximum absolute atomic E-state index is 11.9. The monoisotopic (exact) mass is 272 g/mol. The van der Waals surface area contributed by atoms with Crippen molar-refractivity contribution in [2.75, 3.05) is 17.3 Å². The zero-order chi connectivity index (χ0) is 13.7. The largest absolute Gasteiger partial charge is 0.399 e. The fourth-order valence-electron chi connectivity index (χ4n) is 1.70. The molecule has 0 aliphatic rings. The zero-order valence-corrected chi connectivity index (χ0v) is 11.5. The van der Waals surface area contributed by atoms with E-state index in [2.05, 4.69) is 5.32 Å². The third-order valence-corrected chi connectivity index (χ3v) is 3.46. The fraction of sp³-hybridized carbons (Fsp3) is 0.133. The summed E-state index contributed by atoms with van der Waals surface area (Å²) in [7, 11) is 0. The molecule has 0 aromatic heterocycles. The lowest BCUT2D eigenvalue weighted by Crippen LogP contribution is -2.14. The number of benzene rings is 2. The Morgan fingerprint density at radius 2 is 1.74 bits per heavy atom. The maximum atomic E-state index is 11.9. The first-order chi connectivity index (χ1) is 9.17. The van der Waals surface area contributed by atoms with E-state index < -0.39 is 0 Å². The molecule has 0 fully saturated rings. The summed E-state index contributed by atoms with van der Waals surface area (Å²) in [5.74, 6) is -0.0262. The van der Waals surface area contributed by atoms with Crippen LogP contribution in [0.1, 0.15) is 5.56 Å². The average molecular weight is 272 g/mol. The van der Waals surface area contributed by atoms with Crippen molar-refractivity contribution in [3.05, 3.63) is 54.1 Å². The number of carbonyl (C=O) groups is 1. The summed E-state index contributed by atoms with van der Waals surface area (Å²) in [5, 5.41) is 2.88. The highest BCUT2D eigenvalue weighted by Gasteiger charge is 2.04. The van der Waals surface area contributed by atoms with Crippen LogP contribution in [0.25, 0.3) is 0 Å². The third kappa shape index (κ3) is 4.03. The molecule has 0 spiro atoms. The van der Waals surface area contributed by atoms with Crippen LogP contribution in [0.5, 0.6) is 0 Å². The van der Waals surface area contributed by atoms with Crippen LogP contribution < -0.4 is 11.1 Å². The van der Waals surface area contributed by atoms with Crippen LogP contribution >= 0.6 is 11.8 Å². The van der Waals surface area contributed by atoms with Crippen LogP contribution in [0.3, 0.4) is 0 Å². The smallest absolute Gasteiger partial charge is 0.228 e. The van der Waals surface area contributed by atoms with Gasteiger partial charge in [-0.05, 0) is 48.2 Å². The van der Waals surface area contributed by atoms with Gasteiger partial charge < -0.3 is 11.1 Å². The van der Waals surface area contributed by atoms with Gasteiger partial charge in [0, 0.05) is 16.3 Å². The predicted octanol–water partition coefficient (Wildman–Crippen LogP) is 3.17. The number of carbonyl (C=O) groups excluding carboxylic acids is 1. The number of rotatable bonds is 4. The molecule has 0 saturated carbocycles. The van der Waals surface area contributed by atoms with Crippen LogP contribution in [-0.2, 0) is 11.2 Å². The van der Waals surface area contributed by atoms with Gasteiger partial charge >= 0.3 is 0 Å². The molecule has 0 heterocycles. The zero-order valence-electron chi connectivity index (χ0n) is 10.7. The van der Waals surface area contributed by atoms with Crippen LogP contribution in [0.15, 0.2) is 53.4 Å². The first-order valence-corrected chi connectivity index (χ1v) is 7.18. The Labute approximate surface area is 117 Å². The molecule has 3 N–H and O–H groups in total. The molecule has 0 radical (unpaired) electrons. The van der Waals surface area contributed by atoms with Crippen molar-refractivity contribution in [3.8, 4) is 0 Å². The van der Waals surface area contributed by atoms with Crippen LogP contribution in [-0.4, -0.2) is 12.2 Å². The minimum absolute atomic E-state index is 0.0262. The van der Waals surface area contributed by atoms with E-state index in [-0.39, 0.29) is 5.91 Å². The third-order valence-electron chi connectivity index (χ3n) is 2.72. The summed E-state index contributed by atoms with van der Waals surface area (Å²) < 4.78 is 0. The van der Waals surface area contributed by atoms with Crippen molar-refractivity contribution in [2.24, 2.45) is 0 Å². The lowest BCUT2D eigenvalue weighted by Gasteiger charge is -2.06. The number of hydrogen-bond donors (Lipinski definition) is 2. The van der Waals surface area contributed by atoms with Crippen LogP contribution in [0.2, 0.25) is 0 Å². The maximum Gasteiger partial charge on any atom is 0.228 e. The summed E-state index contributed by atoms with van der Waals surface area (Å²) in [6.07, 6.45) is 2.37. The topological polar surface area (TPSA) is 55.1 Å². The number of amides is 1. The first-order valence-electron chi connectivity index (χ1n) is 5.96. The normalized spacial score (nSPS) is 10.2. The van der Waals surface area contributed by atoms with Gasteiger partial charge in [0.1, 0.15) is 0 Å². The highest BCUT2D eigenvalue weighted by atomic mass is 32.2. The van der Waals surface area contributed by atoms with Gasteiger partial charge in [0.25, 0.3) is 0 Å². The summed E-state index contributed by atoms with van der Waals surface area (Å²) in [6, 6.07) is 15.1. The van der Waals surface area contributed by atoms with Crippen LogP contribution in [0, 0.1) is 0 Å². The number of thioether (sulfide) groups is 1. The van der Waals surface area contributed by atoms with E-state index in [0.29, 0.717) is 12.1 Å². The molecule has 4 heteroatoms. The highest BCUT2D eigenvalue weighted by Crippen LogP contribution is 2.17. The molecular formula is C15H16N2OS. The molecule has 0 aliphatic heterocycles. The second-order valence-corrected chi connectivity index (χ2v) is 5.07. The second-order valence-electron chi connectivity index (χ2n) is 4.20.